The molecular formula is C13H16INO. The van der Waals surface area contributed by atoms with Crippen molar-refractivity contribution in [3.8, 4) is 0 Å². The van der Waals surface area contributed by atoms with Crippen LogP contribution in [0.2, 0.25) is 0 Å². The lowest BCUT2D eigenvalue weighted by Crippen LogP contribution is -2.48. The average Bonchev–Trinajstić information content (AvgIpc) is 2.37. The normalized spacial score (nSPS) is 27.9. The Kier molecular flexibility index (Phi) is 2.77. The van der Waals surface area contributed by atoms with Gasteiger partial charge < -0.3 is 5.32 Å². The maximum absolute atomic E-state index is 11.6. The SMILES string of the molecule is CC1(C)NC(=O)CC1(C)c1ccc(I)cc1. The van der Waals surface area contributed by atoms with Crippen molar-refractivity contribution in [3.05, 3.63) is 33.4 Å². The molecule has 16 heavy (non-hydrogen) atoms. The summed E-state index contributed by atoms with van der Waals surface area (Å²) in [6.45, 7) is 6.35. The van der Waals surface area contributed by atoms with Gasteiger partial charge in [-0.1, -0.05) is 19.1 Å². The number of hydrogen-bond donors (Lipinski definition) is 1. The van der Waals surface area contributed by atoms with E-state index in [9.17, 15) is 4.79 Å². The molecule has 1 aliphatic rings. The van der Waals surface area contributed by atoms with Crippen LogP contribution in [0.5, 0.6) is 0 Å². The molecular weight excluding hydrogens is 313 g/mol. The lowest BCUT2D eigenvalue weighted by Gasteiger charge is -2.37. The van der Waals surface area contributed by atoms with Crippen LogP contribution in [0.3, 0.4) is 0 Å². The Morgan fingerprint density at radius 2 is 1.75 bits per heavy atom. The Hall–Kier alpha value is -0.580. The number of halogens is 1. The zero-order valence-electron chi connectivity index (χ0n) is 9.80. The molecule has 3 heteroatoms. The van der Waals surface area contributed by atoms with E-state index in [0.29, 0.717) is 6.42 Å². The highest BCUT2D eigenvalue weighted by atomic mass is 127. The van der Waals surface area contributed by atoms with Crippen molar-refractivity contribution in [2.24, 2.45) is 0 Å². The molecule has 0 spiro atoms. The molecule has 1 heterocycles. The van der Waals surface area contributed by atoms with Gasteiger partial charge in [0.05, 0.1) is 0 Å². The lowest BCUT2D eigenvalue weighted by molar-refractivity contribution is -0.119. The van der Waals surface area contributed by atoms with E-state index in [4.69, 9.17) is 0 Å². The molecule has 1 atom stereocenters. The van der Waals surface area contributed by atoms with Crippen molar-refractivity contribution in [2.75, 3.05) is 0 Å². The predicted molar refractivity (Wildman–Crippen MR) is 73.3 cm³/mol. The van der Waals surface area contributed by atoms with E-state index in [1.165, 1.54) is 9.13 Å². The van der Waals surface area contributed by atoms with E-state index < -0.39 is 0 Å². The molecule has 1 N–H and O–H groups in total. The van der Waals surface area contributed by atoms with E-state index in [2.05, 4.69) is 72.9 Å². The van der Waals surface area contributed by atoms with Gasteiger partial charge in [0, 0.05) is 20.9 Å². The van der Waals surface area contributed by atoms with Gasteiger partial charge in [0.2, 0.25) is 5.91 Å². The van der Waals surface area contributed by atoms with Crippen LogP contribution in [-0.4, -0.2) is 11.4 Å². The quantitative estimate of drug-likeness (QED) is 0.789. The number of rotatable bonds is 1. The average molecular weight is 329 g/mol. The fourth-order valence-corrected chi connectivity index (χ4v) is 2.71. The minimum absolute atomic E-state index is 0.117. The topological polar surface area (TPSA) is 29.1 Å². The Labute approximate surface area is 110 Å². The zero-order chi connectivity index (χ0) is 12.0. The van der Waals surface area contributed by atoms with Crippen molar-refractivity contribution in [1.82, 2.24) is 5.32 Å². The first-order chi connectivity index (χ1) is 7.35. The minimum Gasteiger partial charge on any atom is -0.350 e. The van der Waals surface area contributed by atoms with E-state index >= 15 is 0 Å². The molecule has 86 valence electrons. The molecule has 1 unspecified atom stereocenters. The maximum Gasteiger partial charge on any atom is 0.221 e. The molecule has 1 aromatic rings. The maximum atomic E-state index is 11.6. The van der Waals surface area contributed by atoms with Gasteiger partial charge in [-0.2, -0.15) is 0 Å². The van der Waals surface area contributed by atoms with E-state index in [1.54, 1.807) is 0 Å². The standard InChI is InChI=1S/C13H16INO/c1-12(2)13(3,8-11(16)15-12)9-4-6-10(14)7-5-9/h4-7H,8H2,1-3H3,(H,15,16). The summed E-state index contributed by atoms with van der Waals surface area (Å²) in [5.74, 6) is 0.144. The first kappa shape index (κ1) is 11.9. The fourth-order valence-electron chi connectivity index (χ4n) is 2.35. The highest BCUT2D eigenvalue weighted by molar-refractivity contribution is 14.1. The first-order valence-corrected chi connectivity index (χ1v) is 6.50. The first-order valence-electron chi connectivity index (χ1n) is 5.42. The highest BCUT2D eigenvalue weighted by Gasteiger charge is 2.50. The van der Waals surface area contributed by atoms with Gasteiger partial charge in [-0.3, -0.25) is 4.79 Å². The van der Waals surface area contributed by atoms with Crippen molar-refractivity contribution in [2.45, 2.75) is 38.1 Å². The second-order valence-corrected chi connectivity index (χ2v) is 6.43. The molecule has 0 saturated carbocycles. The van der Waals surface area contributed by atoms with Crippen LogP contribution in [0.15, 0.2) is 24.3 Å². The van der Waals surface area contributed by atoms with Crippen LogP contribution >= 0.6 is 22.6 Å². The summed E-state index contributed by atoms with van der Waals surface area (Å²) in [5.41, 5.74) is 0.932. The van der Waals surface area contributed by atoms with Crippen LogP contribution in [0.25, 0.3) is 0 Å². The van der Waals surface area contributed by atoms with Crippen molar-refractivity contribution < 1.29 is 4.79 Å². The lowest BCUT2D eigenvalue weighted by atomic mass is 9.69. The summed E-state index contributed by atoms with van der Waals surface area (Å²) in [5, 5.41) is 3.06. The second kappa shape index (κ2) is 3.72. The third-order valence-electron chi connectivity index (χ3n) is 3.83. The van der Waals surface area contributed by atoms with Crippen LogP contribution in [0.4, 0.5) is 0 Å². The number of amides is 1. The van der Waals surface area contributed by atoms with Crippen molar-refractivity contribution >= 4 is 28.5 Å². The summed E-state index contributed by atoms with van der Waals surface area (Å²) in [6.07, 6.45) is 0.570. The molecule has 0 aromatic heterocycles. The third-order valence-corrected chi connectivity index (χ3v) is 4.55. The molecule has 2 rings (SSSR count). The van der Waals surface area contributed by atoms with Crippen LogP contribution < -0.4 is 5.32 Å². The number of carbonyl (C=O) groups is 1. The molecule has 1 fully saturated rings. The summed E-state index contributed by atoms with van der Waals surface area (Å²) >= 11 is 2.29. The molecule has 0 aliphatic carbocycles. The summed E-state index contributed by atoms with van der Waals surface area (Å²) in [4.78, 5) is 11.6. The largest absolute Gasteiger partial charge is 0.350 e. The number of nitrogens with one attached hydrogen (secondary N) is 1. The number of benzene rings is 1. The van der Waals surface area contributed by atoms with Gasteiger partial charge in [-0.25, -0.2) is 0 Å². The predicted octanol–water partition coefficient (Wildman–Crippen LogP) is 2.85. The van der Waals surface area contributed by atoms with Crippen LogP contribution in [0.1, 0.15) is 32.8 Å². The Morgan fingerprint density at radius 1 is 1.19 bits per heavy atom. The smallest absolute Gasteiger partial charge is 0.221 e. The number of hydrogen-bond acceptors (Lipinski definition) is 1. The van der Waals surface area contributed by atoms with Gasteiger partial charge in [-0.15, -0.1) is 0 Å². The molecule has 1 aliphatic heterocycles. The second-order valence-electron chi connectivity index (χ2n) is 5.19. The van der Waals surface area contributed by atoms with Gasteiger partial charge in [0.1, 0.15) is 0 Å². The molecule has 2 nitrogen and oxygen atoms in total. The monoisotopic (exact) mass is 329 g/mol. The molecule has 0 radical (unpaired) electrons. The molecule has 1 amide bonds. The van der Waals surface area contributed by atoms with Gasteiger partial charge in [0.25, 0.3) is 0 Å². The third kappa shape index (κ3) is 1.75. The van der Waals surface area contributed by atoms with Gasteiger partial charge >= 0.3 is 0 Å². The minimum atomic E-state index is -0.184. The van der Waals surface area contributed by atoms with E-state index in [-0.39, 0.29) is 16.9 Å². The van der Waals surface area contributed by atoms with E-state index in [0.717, 1.165) is 0 Å². The molecule has 1 aromatic carbocycles. The Morgan fingerprint density at radius 3 is 2.19 bits per heavy atom. The van der Waals surface area contributed by atoms with Crippen LogP contribution in [-0.2, 0) is 10.2 Å². The summed E-state index contributed by atoms with van der Waals surface area (Å²) in [7, 11) is 0. The summed E-state index contributed by atoms with van der Waals surface area (Å²) < 4.78 is 1.22. The summed E-state index contributed by atoms with van der Waals surface area (Å²) in [6, 6.07) is 8.45. The van der Waals surface area contributed by atoms with Crippen molar-refractivity contribution in [1.29, 1.82) is 0 Å². The van der Waals surface area contributed by atoms with Gasteiger partial charge in [0.15, 0.2) is 0 Å². The highest BCUT2D eigenvalue weighted by Crippen LogP contribution is 2.42. The zero-order valence-corrected chi connectivity index (χ0v) is 12.0. The van der Waals surface area contributed by atoms with Crippen LogP contribution in [0, 0.1) is 3.57 Å². The van der Waals surface area contributed by atoms with E-state index in [1.807, 2.05) is 0 Å². The van der Waals surface area contributed by atoms with Gasteiger partial charge in [-0.05, 0) is 54.1 Å². The molecule has 0 bridgehead atoms. The Bertz CT molecular complexity index is 424. The molecule has 1 saturated heterocycles. The Balaban J connectivity index is 2.46. The van der Waals surface area contributed by atoms with Crippen molar-refractivity contribution in [3.63, 3.8) is 0 Å². The fraction of sp³-hybridized carbons (Fsp3) is 0.462. The number of carbonyl (C=O) groups excluding carboxylic acids is 1.